The Bertz CT molecular complexity index is 915. The topological polar surface area (TPSA) is 58.6 Å². The molecule has 0 spiro atoms. The summed E-state index contributed by atoms with van der Waals surface area (Å²) in [6.07, 6.45) is 0. The molecule has 0 unspecified atom stereocenters. The minimum Gasteiger partial charge on any atom is -0.545 e. The smallest absolute Gasteiger partial charge is 0.180 e. The highest BCUT2D eigenvalue weighted by Gasteiger charge is 2.14. The molecule has 25 heavy (non-hydrogen) atoms. The molecule has 5 heteroatoms. The fourth-order valence-electron chi connectivity index (χ4n) is 2.66. The largest absolute Gasteiger partial charge is 0.545 e. The third kappa shape index (κ3) is 3.69. The zero-order valence-corrected chi connectivity index (χ0v) is 14.4. The Morgan fingerprint density at radius 2 is 1.84 bits per heavy atom. The van der Waals surface area contributed by atoms with Gasteiger partial charge in [0.15, 0.2) is 11.5 Å². The van der Waals surface area contributed by atoms with E-state index in [1.807, 2.05) is 42.5 Å². The van der Waals surface area contributed by atoms with E-state index in [1.165, 1.54) is 12.1 Å². The average molecular weight is 356 g/mol. The average Bonchev–Trinajstić information content (AvgIpc) is 2.61. The second-order valence-electron chi connectivity index (χ2n) is 5.43. The van der Waals surface area contributed by atoms with Gasteiger partial charge in [0.25, 0.3) is 0 Å². The van der Waals surface area contributed by atoms with Crippen LogP contribution in [-0.2, 0) is 6.61 Å². The molecule has 0 saturated carbocycles. The summed E-state index contributed by atoms with van der Waals surface area (Å²) < 4.78 is 11.4. The number of aromatic carboxylic acids is 1. The van der Waals surface area contributed by atoms with Gasteiger partial charge in [0.2, 0.25) is 0 Å². The maximum absolute atomic E-state index is 11.1. The van der Waals surface area contributed by atoms with Gasteiger partial charge in [0.1, 0.15) is 6.61 Å². The van der Waals surface area contributed by atoms with Gasteiger partial charge in [0, 0.05) is 5.56 Å². The molecule has 0 bridgehead atoms. The van der Waals surface area contributed by atoms with E-state index in [2.05, 4.69) is 0 Å². The molecule has 0 aliphatic carbocycles. The van der Waals surface area contributed by atoms with Crippen molar-refractivity contribution in [3.05, 3.63) is 70.7 Å². The molecule has 0 aliphatic heterocycles. The van der Waals surface area contributed by atoms with E-state index >= 15 is 0 Å². The predicted octanol–water partition coefficient (Wildman–Crippen LogP) is 3.83. The molecule has 0 aliphatic rings. The van der Waals surface area contributed by atoms with Crippen LogP contribution in [0.3, 0.4) is 0 Å². The first-order chi connectivity index (χ1) is 12.1. The SMILES string of the molecule is CCOc1cc(C(=O)[O-])cc(Cl)c1OCc1cccc2ccccc12. The van der Waals surface area contributed by atoms with Gasteiger partial charge in [-0.3, -0.25) is 0 Å². The highest BCUT2D eigenvalue weighted by Crippen LogP contribution is 2.37. The number of carboxylic acids is 1. The Labute approximate surface area is 150 Å². The van der Waals surface area contributed by atoms with Crippen molar-refractivity contribution >= 4 is 28.3 Å². The van der Waals surface area contributed by atoms with Crippen molar-refractivity contribution in [2.75, 3.05) is 6.61 Å². The van der Waals surface area contributed by atoms with E-state index in [-0.39, 0.29) is 22.9 Å². The van der Waals surface area contributed by atoms with Gasteiger partial charge in [-0.15, -0.1) is 0 Å². The van der Waals surface area contributed by atoms with E-state index in [0.29, 0.717) is 12.4 Å². The van der Waals surface area contributed by atoms with Crippen LogP contribution in [0.4, 0.5) is 0 Å². The second-order valence-corrected chi connectivity index (χ2v) is 5.84. The van der Waals surface area contributed by atoms with E-state index < -0.39 is 5.97 Å². The van der Waals surface area contributed by atoms with Gasteiger partial charge in [-0.25, -0.2) is 0 Å². The Hall–Kier alpha value is -2.72. The number of fused-ring (bicyclic) bond motifs is 1. The molecule has 0 amide bonds. The number of hydrogen-bond donors (Lipinski definition) is 0. The molecule has 3 aromatic rings. The number of hydrogen-bond acceptors (Lipinski definition) is 4. The van der Waals surface area contributed by atoms with Crippen molar-refractivity contribution in [1.29, 1.82) is 0 Å². The molecule has 0 heterocycles. The zero-order chi connectivity index (χ0) is 17.8. The summed E-state index contributed by atoms with van der Waals surface area (Å²) >= 11 is 6.20. The fourth-order valence-corrected chi connectivity index (χ4v) is 2.92. The van der Waals surface area contributed by atoms with Crippen LogP contribution in [0.2, 0.25) is 5.02 Å². The highest BCUT2D eigenvalue weighted by atomic mass is 35.5. The predicted molar refractivity (Wildman–Crippen MR) is 95.2 cm³/mol. The molecule has 0 N–H and O–H groups in total. The Morgan fingerprint density at radius 1 is 1.08 bits per heavy atom. The lowest BCUT2D eigenvalue weighted by atomic mass is 10.1. The zero-order valence-electron chi connectivity index (χ0n) is 13.6. The minimum atomic E-state index is -1.32. The van der Waals surface area contributed by atoms with E-state index in [1.54, 1.807) is 6.92 Å². The van der Waals surface area contributed by atoms with Crippen molar-refractivity contribution in [3.63, 3.8) is 0 Å². The minimum absolute atomic E-state index is 0.0500. The molecule has 0 aromatic heterocycles. The molecule has 4 nitrogen and oxygen atoms in total. The van der Waals surface area contributed by atoms with Crippen LogP contribution in [0.1, 0.15) is 22.8 Å². The highest BCUT2D eigenvalue weighted by molar-refractivity contribution is 6.32. The number of carbonyl (C=O) groups is 1. The molecule has 0 fully saturated rings. The Kier molecular flexibility index (Phi) is 5.10. The maximum atomic E-state index is 11.1. The van der Waals surface area contributed by atoms with Gasteiger partial charge in [0.05, 0.1) is 17.6 Å². The van der Waals surface area contributed by atoms with Crippen LogP contribution in [0, 0.1) is 0 Å². The van der Waals surface area contributed by atoms with Gasteiger partial charge >= 0.3 is 0 Å². The quantitative estimate of drug-likeness (QED) is 0.674. The van der Waals surface area contributed by atoms with E-state index in [4.69, 9.17) is 21.1 Å². The van der Waals surface area contributed by atoms with Gasteiger partial charge in [-0.2, -0.15) is 0 Å². The molecule has 3 rings (SSSR count). The van der Waals surface area contributed by atoms with Crippen LogP contribution in [0.15, 0.2) is 54.6 Å². The monoisotopic (exact) mass is 355 g/mol. The summed E-state index contributed by atoms with van der Waals surface area (Å²) in [4.78, 5) is 11.1. The summed E-state index contributed by atoms with van der Waals surface area (Å²) in [7, 11) is 0. The summed E-state index contributed by atoms with van der Waals surface area (Å²) in [6, 6.07) is 16.7. The third-order valence-electron chi connectivity index (χ3n) is 3.80. The van der Waals surface area contributed by atoms with Gasteiger partial charge in [-0.05, 0) is 35.4 Å². The van der Waals surface area contributed by atoms with Crippen molar-refractivity contribution in [1.82, 2.24) is 0 Å². The summed E-state index contributed by atoms with van der Waals surface area (Å²) in [5.74, 6) is -0.709. The first-order valence-electron chi connectivity index (χ1n) is 7.87. The van der Waals surface area contributed by atoms with Gasteiger partial charge in [-0.1, -0.05) is 54.1 Å². The van der Waals surface area contributed by atoms with Crippen LogP contribution in [0.25, 0.3) is 10.8 Å². The second kappa shape index (κ2) is 7.45. The molecule has 0 atom stereocenters. The Morgan fingerprint density at radius 3 is 2.60 bits per heavy atom. The van der Waals surface area contributed by atoms with Crippen LogP contribution >= 0.6 is 11.6 Å². The number of benzene rings is 3. The maximum Gasteiger partial charge on any atom is 0.180 e. The van der Waals surface area contributed by atoms with Gasteiger partial charge < -0.3 is 19.4 Å². The van der Waals surface area contributed by atoms with Crippen LogP contribution < -0.4 is 14.6 Å². The first-order valence-corrected chi connectivity index (χ1v) is 8.25. The van der Waals surface area contributed by atoms with Crippen molar-refractivity contribution in [3.8, 4) is 11.5 Å². The standard InChI is InChI=1S/C20H17ClO4/c1-2-24-18-11-15(20(22)23)10-17(21)19(18)25-12-14-8-5-7-13-6-3-4-9-16(13)14/h3-11H,2,12H2,1H3,(H,22,23)/p-1. The summed E-state index contributed by atoms with van der Waals surface area (Å²) in [5, 5.41) is 13.5. The fraction of sp³-hybridized carbons (Fsp3) is 0.150. The lowest BCUT2D eigenvalue weighted by Crippen LogP contribution is -2.22. The Balaban J connectivity index is 1.93. The lowest BCUT2D eigenvalue weighted by molar-refractivity contribution is -0.255. The molecular formula is C20H16ClO4-. The summed E-state index contributed by atoms with van der Waals surface area (Å²) in [5.41, 5.74) is 0.951. The molecule has 128 valence electrons. The first kappa shape index (κ1) is 17.1. The normalized spacial score (nSPS) is 10.6. The molecule has 0 saturated heterocycles. The van der Waals surface area contributed by atoms with Crippen LogP contribution in [0.5, 0.6) is 11.5 Å². The lowest BCUT2D eigenvalue weighted by Gasteiger charge is -2.16. The van der Waals surface area contributed by atoms with Crippen molar-refractivity contribution in [2.45, 2.75) is 13.5 Å². The summed E-state index contributed by atoms with van der Waals surface area (Å²) in [6.45, 7) is 2.44. The van der Waals surface area contributed by atoms with Crippen LogP contribution in [-0.4, -0.2) is 12.6 Å². The number of halogens is 1. The number of ether oxygens (including phenoxy) is 2. The number of rotatable bonds is 6. The molecule has 0 radical (unpaired) electrons. The van der Waals surface area contributed by atoms with E-state index in [9.17, 15) is 9.90 Å². The van der Waals surface area contributed by atoms with Crippen molar-refractivity contribution < 1.29 is 19.4 Å². The number of carboxylic acid groups (broad SMARTS) is 1. The molecule has 3 aromatic carbocycles. The van der Waals surface area contributed by atoms with E-state index in [0.717, 1.165) is 16.3 Å². The third-order valence-corrected chi connectivity index (χ3v) is 4.08. The number of carbonyl (C=O) groups excluding carboxylic acids is 1. The van der Waals surface area contributed by atoms with Crippen molar-refractivity contribution in [2.24, 2.45) is 0 Å². The molecular weight excluding hydrogens is 340 g/mol.